The Kier molecular flexibility index (Phi) is 4.60. The Bertz CT molecular complexity index is 1080. The molecule has 0 aliphatic rings. The third-order valence-electron chi connectivity index (χ3n) is 4.16. The van der Waals surface area contributed by atoms with Crippen molar-refractivity contribution in [3.63, 3.8) is 0 Å². The summed E-state index contributed by atoms with van der Waals surface area (Å²) < 4.78 is 20.2. The van der Waals surface area contributed by atoms with Crippen LogP contribution in [0.25, 0.3) is 16.2 Å². The minimum atomic E-state index is -0.315. The predicted octanol–water partition coefficient (Wildman–Crippen LogP) is 4.39. The van der Waals surface area contributed by atoms with Crippen LogP contribution in [0.15, 0.2) is 60.1 Å². The van der Waals surface area contributed by atoms with Crippen LogP contribution in [-0.4, -0.2) is 22.4 Å². The number of ether oxygens (including phenoxy) is 1. The molecule has 5 nitrogen and oxygen atoms in total. The molecule has 27 heavy (non-hydrogen) atoms. The number of thiazole rings is 1. The lowest BCUT2D eigenvalue weighted by Gasteiger charge is -2.08. The summed E-state index contributed by atoms with van der Waals surface area (Å²) in [4.78, 5) is 17.9. The summed E-state index contributed by atoms with van der Waals surface area (Å²) >= 11 is 1.47. The Morgan fingerprint density at radius 3 is 2.63 bits per heavy atom. The van der Waals surface area contributed by atoms with Gasteiger partial charge in [0.1, 0.15) is 23.1 Å². The van der Waals surface area contributed by atoms with Crippen molar-refractivity contribution < 1.29 is 13.9 Å². The highest BCUT2D eigenvalue weighted by molar-refractivity contribution is 7.15. The topological polar surface area (TPSA) is 55.6 Å². The molecule has 0 aliphatic carbocycles. The van der Waals surface area contributed by atoms with Crippen LogP contribution in [0.1, 0.15) is 5.56 Å². The first-order valence-corrected chi connectivity index (χ1v) is 9.16. The highest BCUT2D eigenvalue weighted by atomic mass is 32.1. The number of halogens is 1. The number of benzene rings is 2. The number of imidazole rings is 1. The lowest BCUT2D eigenvalue weighted by atomic mass is 10.1. The zero-order valence-electron chi connectivity index (χ0n) is 14.5. The van der Waals surface area contributed by atoms with Gasteiger partial charge in [-0.15, -0.1) is 11.3 Å². The highest BCUT2D eigenvalue weighted by Crippen LogP contribution is 2.31. The molecule has 7 heteroatoms. The molecule has 0 unspecified atom stereocenters. The summed E-state index contributed by atoms with van der Waals surface area (Å²) in [6.07, 6.45) is 2.08. The van der Waals surface area contributed by atoms with Gasteiger partial charge in [0.2, 0.25) is 5.91 Å². The van der Waals surface area contributed by atoms with E-state index in [2.05, 4.69) is 10.3 Å². The first kappa shape index (κ1) is 17.2. The lowest BCUT2D eigenvalue weighted by Crippen LogP contribution is -2.16. The summed E-state index contributed by atoms with van der Waals surface area (Å²) in [6.45, 7) is 0. The quantitative estimate of drug-likeness (QED) is 0.558. The van der Waals surface area contributed by atoms with Gasteiger partial charge in [0.25, 0.3) is 0 Å². The molecule has 2 aromatic heterocycles. The maximum absolute atomic E-state index is 13.3. The maximum atomic E-state index is 13.3. The van der Waals surface area contributed by atoms with Crippen LogP contribution < -0.4 is 10.1 Å². The van der Waals surface area contributed by atoms with Gasteiger partial charge < -0.3 is 10.1 Å². The fraction of sp³-hybridized carbons (Fsp3) is 0.100. The number of nitrogens with zero attached hydrogens (tertiary/aromatic N) is 2. The Morgan fingerprint density at radius 1 is 1.19 bits per heavy atom. The molecule has 4 rings (SSSR count). The second-order valence-electron chi connectivity index (χ2n) is 5.94. The van der Waals surface area contributed by atoms with Gasteiger partial charge in [0.15, 0.2) is 4.96 Å². The molecule has 2 heterocycles. The Hall–Kier alpha value is -3.19. The maximum Gasteiger partial charge on any atom is 0.229 e. The van der Waals surface area contributed by atoms with E-state index in [1.807, 2.05) is 40.2 Å². The van der Waals surface area contributed by atoms with E-state index < -0.39 is 0 Å². The molecule has 4 aromatic rings. The van der Waals surface area contributed by atoms with Crippen LogP contribution in [0, 0.1) is 5.82 Å². The average molecular weight is 381 g/mol. The van der Waals surface area contributed by atoms with E-state index in [1.54, 1.807) is 19.2 Å². The van der Waals surface area contributed by atoms with Crippen LogP contribution in [-0.2, 0) is 11.2 Å². The van der Waals surface area contributed by atoms with Gasteiger partial charge in [0, 0.05) is 17.1 Å². The number of anilines is 1. The molecule has 1 N–H and O–H groups in total. The van der Waals surface area contributed by atoms with E-state index in [9.17, 15) is 9.18 Å². The molecule has 2 aromatic carbocycles. The highest BCUT2D eigenvalue weighted by Gasteiger charge is 2.17. The van der Waals surface area contributed by atoms with Gasteiger partial charge in [-0.2, -0.15) is 0 Å². The molecule has 0 radical (unpaired) electrons. The number of carbonyl (C=O) groups is 1. The fourth-order valence-electron chi connectivity index (χ4n) is 2.82. The second kappa shape index (κ2) is 7.20. The third-order valence-corrected chi connectivity index (χ3v) is 4.92. The first-order chi connectivity index (χ1) is 13.1. The van der Waals surface area contributed by atoms with Crippen LogP contribution >= 0.6 is 11.3 Å². The molecule has 0 spiro atoms. The van der Waals surface area contributed by atoms with Crippen LogP contribution in [0.5, 0.6) is 5.75 Å². The number of rotatable bonds is 5. The van der Waals surface area contributed by atoms with Gasteiger partial charge >= 0.3 is 0 Å². The number of hydrogen-bond acceptors (Lipinski definition) is 4. The molecule has 0 saturated heterocycles. The molecule has 136 valence electrons. The van der Waals surface area contributed by atoms with Gasteiger partial charge in [-0.1, -0.05) is 12.1 Å². The summed E-state index contributed by atoms with van der Waals surface area (Å²) in [5.74, 6) is 0.853. The zero-order chi connectivity index (χ0) is 18.8. The smallest absolute Gasteiger partial charge is 0.229 e. The predicted molar refractivity (Wildman–Crippen MR) is 104 cm³/mol. The van der Waals surface area contributed by atoms with E-state index in [0.717, 1.165) is 21.8 Å². The molecular formula is C20H16FN3O2S. The molecular weight excluding hydrogens is 365 g/mol. The number of methoxy groups -OCH3 is 1. The minimum absolute atomic E-state index is 0.156. The van der Waals surface area contributed by atoms with E-state index >= 15 is 0 Å². The van der Waals surface area contributed by atoms with Crippen molar-refractivity contribution in [1.29, 1.82) is 0 Å². The monoisotopic (exact) mass is 381 g/mol. The average Bonchev–Trinajstić information content (AvgIpc) is 3.26. The van der Waals surface area contributed by atoms with Crippen LogP contribution in [0.4, 0.5) is 10.2 Å². The number of carbonyl (C=O) groups excluding carboxylic acids is 1. The molecule has 0 bridgehead atoms. The standard InChI is InChI=1S/C20H16FN3O2S/c1-26-16-8-2-13(3-9-16)12-17(25)22-19-18(14-4-6-15(21)7-5-14)23-20-24(19)10-11-27-20/h2-11H,12H2,1H3,(H,22,25). The Morgan fingerprint density at radius 2 is 1.93 bits per heavy atom. The van der Waals surface area contributed by atoms with Gasteiger partial charge in [-0.25, -0.2) is 9.37 Å². The molecule has 0 atom stereocenters. The van der Waals surface area contributed by atoms with E-state index in [1.165, 1.54) is 23.5 Å². The van der Waals surface area contributed by atoms with Crippen molar-refractivity contribution in [3.8, 4) is 17.0 Å². The summed E-state index contributed by atoms with van der Waals surface area (Å²) in [7, 11) is 1.60. The minimum Gasteiger partial charge on any atom is -0.497 e. The summed E-state index contributed by atoms with van der Waals surface area (Å²) in [5.41, 5.74) is 2.24. The van der Waals surface area contributed by atoms with E-state index in [4.69, 9.17) is 4.74 Å². The van der Waals surface area contributed by atoms with Crippen LogP contribution in [0.3, 0.4) is 0 Å². The number of hydrogen-bond donors (Lipinski definition) is 1. The van der Waals surface area contributed by atoms with Crippen molar-refractivity contribution in [3.05, 3.63) is 71.5 Å². The summed E-state index contributed by atoms with van der Waals surface area (Å²) in [6, 6.07) is 13.4. The second-order valence-corrected chi connectivity index (χ2v) is 6.82. The largest absolute Gasteiger partial charge is 0.497 e. The number of fused-ring (bicyclic) bond motifs is 1. The first-order valence-electron chi connectivity index (χ1n) is 8.28. The van der Waals surface area contributed by atoms with Crippen molar-refractivity contribution in [2.45, 2.75) is 6.42 Å². The normalized spacial score (nSPS) is 10.9. The molecule has 1 amide bonds. The van der Waals surface area contributed by atoms with Gasteiger partial charge in [0.05, 0.1) is 13.5 Å². The van der Waals surface area contributed by atoms with Crippen molar-refractivity contribution in [1.82, 2.24) is 9.38 Å². The van der Waals surface area contributed by atoms with Gasteiger partial charge in [-0.05, 0) is 42.0 Å². The summed E-state index contributed by atoms with van der Waals surface area (Å²) in [5, 5.41) is 4.85. The number of aromatic nitrogens is 2. The van der Waals surface area contributed by atoms with Crippen LogP contribution in [0.2, 0.25) is 0 Å². The van der Waals surface area contributed by atoms with E-state index in [0.29, 0.717) is 11.5 Å². The molecule has 0 fully saturated rings. The Labute approximate surface area is 159 Å². The zero-order valence-corrected chi connectivity index (χ0v) is 15.3. The van der Waals surface area contributed by atoms with Crippen molar-refractivity contribution in [2.75, 3.05) is 12.4 Å². The SMILES string of the molecule is COc1ccc(CC(=O)Nc2c(-c3ccc(F)cc3)nc3sccn23)cc1. The fourth-order valence-corrected chi connectivity index (χ4v) is 3.53. The van der Waals surface area contributed by atoms with Crippen molar-refractivity contribution in [2.24, 2.45) is 0 Å². The van der Waals surface area contributed by atoms with Crippen molar-refractivity contribution >= 4 is 28.0 Å². The molecule has 0 aliphatic heterocycles. The van der Waals surface area contributed by atoms with Gasteiger partial charge in [-0.3, -0.25) is 9.20 Å². The van der Waals surface area contributed by atoms with E-state index in [-0.39, 0.29) is 18.1 Å². The number of amides is 1. The Balaban J connectivity index is 1.62. The molecule has 0 saturated carbocycles. The third kappa shape index (κ3) is 3.54. The number of nitrogens with one attached hydrogen (secondary N) is 1. The lowest BCUT2D eigenvalue weighted by molar-refractivity contribution is -0.115.